The number of benzene rings is 2. The summed E-state index contributed by atoms with van der Waals surface area (Å²) in [6.07, 6.45) is 1.74. The molecule has 4 nitrogen and oxygen atoms in total. The van der Waals surface area contributed by atoms with Gasteiger partial charge in [-0.3, -0.25) is 14.5 Å². The summed E-state index contributed by atoms with van der Waals surface area (Å²) in [5.41, 5.74) is 2.57. The summed E-state index contributed by atoms with van der Waals surface area (Å²) >= 11 is 13.3. The molecule has 0 radical (unpaired) electrons. The van der Waals surface area contributed by atoms with E-state index in [1.54, 1.807) is 24.3 Å². The van der Waals surface area contributed by atoms with Gasteiger partial charge in [-0.1, -0.05) is 41.4 Å². The molecule has 2 aromatic carbocycles. The van der Waals surface area contributed by atoms with Crippen LogP contribution >= 0.6 is 35.0 Å². The highest BCUT2D eigenvalue weighted by Gasteiger charge is 2.35. The van der Waals surface area contributed by atoms with Gasteiger partial charge in [-0.2, -0.15) is 0 Å². The number of anilines is 1. The number of rotatable bonds is 6. The van der Waals surface area contributed by atoms with Crippen molar-refractivity contribution >= 4 is 57.9 Å². The van der Waals surface area contributed by atoms with Crippen LogP contribution in [0.3, 0.4) is 0 Å². The molecule has 2 aromatic rings. The monoisotopic (exact) mass is 434 g/mol. The predicted molar refractivity (Wildman–Crippen MR) is 118 cm³/mol. The number of amides is 2. The fraction of sp³-hybridized carbons (Fsp3) is 0.238. The van der Waals surface area contributed by atoms with Crippen molar-refractivity contribution in [3.05, 3.63) is 68.5 Å². The molecule has 1 heterocycles. The van der Waals surface area contributed by atoms with Gasteiger partial charge in [-0.25, -0.2) is 0 Å². The fourth-order valence-corrected chi connectivity index (χ4v) is 4.35. The molecule has 0 atom stereocenters. The Labute approximate surface area is 179 Å². The van der Waals surface area contributed by atoms with E-state index < -0.39 is 0 Å². The molecule has 0 aliphatic carbocycles. The Morgan fingerprint density at radius 2 is 1.61 bits per heavy atom. The van der Waals surface area contributed by atoms with Crippen molar-refractivity contribution in [3.8, 4) is 0 Å². The molecule has 1 fully saturated rings. The van der Waals surface area contributed by atoms with Gasteiger partial charge in [0.05, 0.1) is 11.4 Å². The van der Waals surface area contributed by atoms with Gasteiger partial charge in [0.1, 0.15) is 0 Å². The van der Waals surface area contributed by atoms with Crippen LogP contribution in [-0.4, -0.2) is 29.1 Å². The Hall–Kier alpha value is -1.95. The highest BCUT2D eigenvalue weighted by molar-refractivity contribution is 8.18. The Bertz CT molecular complexity index is 904. The topological polar surface area (TPSA) is 40.6 Å². The molecule has 0 N–H and O–H groups in total. The van der Waals surface area contributed by atoms with Crippen molar-refractivity contribution in [2.24, 2.45) is 0 Å². The number of thioether (sulfide) groups is 1. The van der Waals surface area contributed by atoms with Crippen LogP contribution in [0.25, 0.3) is 6.08 Å². The Morgan fingerprint density at radius 3 is 2.18 bits per heavy atom. The van der Waals surface area contributed by atoms with E-state index in [0.717, 1.165) is 36.1 Å². The first kappa shape index (κ1) is 20.8. The van der Waals surface area contributed by atoms with Crippen LogP contribution in [0.4, 0.5) is 10.5 Å². The SMILES string of the molecule is CCN(CC)c1ccc(/C=C2\SC(=O)N(Cc3c(Cl)cccc3Cl)C2=O)cc1. The molecule has 0 unspecified atom stereocenters. The van der Waals surface area contributed by atoms with Crippen LogP contribution < -0.4 is 4.90 Å². The maximum absolute atomic E-state index is 12.7. The van der Waals surface area contributed by atoms with Gasteiger partial charge in [0.25, 0.3) is 11.1 Å². The minimum absolute atomic E-state index is 0.0570. The van der Waals surface area contributed by atoms with Crippen molar-refractivity contribution in [2.75, 3.05) is 18.0 Å². The van der Waals surface area contributed by atoms with Crippen LogP contribution in [0.1, 0.15) is 25.0 Å². The van der Waals surface area contributed by atoms with E-state index in [2.05, 4.69) is 18.7 Å². The van der Waals surface area contributed by atoms with Gasteiger partial charge in [0.2, 0.25) is 0 Å². The molecule has 28 heavy (non-hydrogen) atoms. The van der Waals surface area contributed by atoms with E-state index in [1.807, 2.05) is 24.3 Å². The number of hydrogen-bond donors (Lipinski definition) is 0. The van der Waals surface area contributed by atoms with Gasteiger partial charge < -0.3 is 4.90 Å². The summed E-state index contributed by atoms with van der Waals surface area (Å²) in [6, 6.07) is 13.0. The lowest BCUT2D eigenvalue weighted by Crippen LogP contribution is -2.27. The van der Waals surface area contributed by atoms with Crippen LogP contribution in [0.2, 0.25) is 10.0 Å². The van der Waals surface area contributed by atoms with E-state index >= 15 is 0 Å². The normalized spacial score (nSPS) is 15.6. The molecule has 146 valence electrons. The second-order valence-corrected chi connectivity index (χ2v) is 8.04. The smallest absolute Gasteiger partial charge is 0.293 e. The number of carbonyl (C=O) groups excluding carboxylic acids is 2. The lowest BCUT2D eigenvalue weighted by Gasteiger charge is -2.20. The van der Waals surface area contributed by atoms with E-state index in [9.17, 15) is 9.59 Å². The van der Waals surface area contributed by atoms with Crippen LogP contribution in [-0.2, 0) is 11.3 Å². The molecule has 7 heteroatoms. The van der Waals surface area contributed by atoms with E-state index in [1.165, 1.54) is 4.90 Å². The molecule has 0 saturated carbocycles. The van der Waals surface area contributed by atoms with Crippen LogP contribution in [0.5, 0.6) is 0 Å². The molecular weight excluding hydrogens is 415 g/mol. The van der Waals surface area contributed by atoms with Crippen molar-refractivity contribution < 1.29 is 9.59 Å². The Balaban J connectivity index is 1.79. The first-order valence-electron chi connectivity index (χ1n) is 8.97. The first-order chi connectivity index (χ1) is 13.4. The Kier molecular flexibility index (Phi) is 6.70. The van der Waals surface area contributed by atoms with E-state index in [4.69, 9.17) is 23.2 Å². The quantitative estimate of drug-likeness (QED) is 0.516. The zero-order valence-corrected chi connectivity index (χ0v) is 17.9. The summed E-state index contributed by atoms with van der Waals surface area (Å²) in [4.78, 5) is 28.9. The van der Waals surface area contributed by atoms with Crippen LogP contribution in [0.15, 0.2) is 47.4 Å². The van der Waals surface area contributed by atoms with Gasteiger partial charge >= 0.3 is 0 Å². The molecule has 0 aromatic heterocycles. The standard InChI is InChI=1S/C21H20Cl2N2O2S/c1-3-24(4-2)15-10-8-14(9-11-15)12-19-20(26)25(21(27)28-19)13-16-17(22)6-5-7-18(16)23/h5-12H,3-4,13H2,1-2H3/b19-12-. The number of carbonyl (C=O) groups is 2. The van der Waals surface area contributed by atoms with Crippen molar-refractivity contribution in [1.82, 2.24) is 4.90 Å². The lowest BCUT2D eigenvalue weighted by molar-refractivity contribution is -0.123. The summed E-state index contributed by atoms with van der Waals surface area (Å²) in [5.74, 6) is -0.334. The highest BCUT2D eigenvalue weighted by atomic mass is 35.5. The number of imide groups is 1. The minimum atomic E-state index is -0.334. The summed E-state index contributed by atoms with van der Waals surface area (Å²) in [7, 11) is 0. The number of nitrogens with zero attached hydrogens (tertiary/aromatic N) is 2. The third-order valence-corrected chi connectivity index (χ3v) is 6.19. The van der Waals surface area contributed by atoms with E-state index in [-0.39, 0.29) is 17.7 Å². The average molecular weight is 435 g/mol. The van der Waals surface area contributed by atoms with Crippen LogP contribution in [0, 0.1) is 0 Å². The maximum Gasteiger partial charge on any atom is 0.293 e. The largest absolute Gasteiger partial charge is 0.372 e. The second kappa shape index (κ2) is 9.03. The molecule has 3 rings (SSSR count). The lowest BCUT2D eigenvalue weighted by atomic mass is 10.1. The number of halogens is 2. The van der Waals surface area contributed by atoms with Gasteiger partial charge in [-0.05, 0) is 61.5 Å². The van der Waals surface area contributed by atoms with Crippen molar-refractivity contribution in [3.63, 3.8) is 0 Å². The summed E-state index contributed by atoms with van der Waals surface area (Å²) in [6.45, 7) is 6.14. The third kappa shape index (κ3) is 4.37. The molecule has 1 aliphatic rings. The van der Waals surface area contributed by atoms with Crippen molar-refractivity contribution in [1.29, 1.82) is 0 Å². The second-order valence-electron chi connectivity index (χ2n) is 6.23. The van der Waals surface area contributed by atoms with Gasteiger partial charge in [0.15, 0.2) is 0 Å². The van der Waals surface area contributed by atoms with E-state index in [0.29, 0.717) is 20.5 Å². The zero-order chi connectivity index (χ0) is 20.3. The Morgan fingerprint density at radius 1 is 1.00 bits per heavy atom. The molecule has 1 saturated heterocycles. The molecule has 1 aliphatic heterocycles. The van der Waals surface area contributed by atoms with Crippen molar-refractivity contribution in [2.45, 2.75) is 20.4 Å². The number of hydrogen-bond acceptors (Lipinski definition) is 4. The van der Waals surface area contributed by atoms with Gasteiger partial charge in [0, 0.05) is 34.4 Å². The van der Waals surface area contributed by atoms with Gasteiger partial charge in [-0.15, -0.1) is 0 Å². The maximum atomic E-state index is 12.7. The zero-order valence-electron chi connectivity index (χ0n) is 15.6. The molecule has 0 bridgehead atoms. The molecule has 0 spiro atoms. The molecular formula is C21H20Cl2N2O2S. The minimum Gasteiger partial charge on any atom is -0.372 e. The summed E-state index contributed by atoms with van der Waals surface area (Å²) in [5, 5.41) is 0.539. The third-order valence-electron chi connectivity index (χ3n) is 4.57. The first-order valence-corrected chi connectivity index (χ1v) is 10.5. The average Bonchev–Trinajstić information content (AvgIpc) is 2.94. The fourth-order valence-electron chi connectivity index (χ4n) is 3.00. The molecule has 2 amide bonds. The highest BCUT2D eigenvalue weighted by Crippen LogP contribution is 2.35. The predicted octanol–water partition coefficient (Wildman–Crippen LogP) is 6.08. The summed E-state index contributed by atoms with van der Waals surface area (Å²) < 4.78 is 0.